The molecule has 9 nitrogen and oxygen atoms in total. The average molecular weight is 462 g/mol. The van der Waals surface area contributed by atoms with Gasteiger partial charge in [-0.3, -0.25) is 9.59 Å². The van der Waals surface area contributed by atoms with Crippen molar-refractivity contribution >= 4 is 23.6 Å². The number of rotatable bonds is 10. The van der Waals surface area contributed by atoms with Crippen LogP contribution in [-0.4, -0.2) is 120 Å². The molecule has 1 saturated heterocycles. The number of allylic oxidation sites excluding steroid dienone is 1. The molecule has 0 bridgehead atoms. The second-order valence-electron chi connectivity index (χ2n) is 9.12. The summed E-state index contributed by atoms with van der Waals surface area (Å²) < 4.78 is 5.11. The van der Waals surface area contributed by atoms with Crippen LogP contribution >= 0.6 is 11.8 Å². The van der Waals surface area contributed by atoms with E-state index < -0.39 is 36.4 Å². The number of thioether (sulfide) groups is 1. The van der Waals surface area contributed by atoms with Gasteiger partial charge in [0.05, 0.1) is 0 Å². The van der Waals surface area contributed by atoms with E-state index in [2.05, 4.69) is 5.32 Å². The summed E-state index contributed by atoms with van der Waals surface area (Å²) in [4.78, 5) is 29.3. The Labute approximate surface area is 189 Å². The van der Waals surface area contributed by atoms with Crippen LogP contribution in [0, 0.1) is 5.41 Å². The first-order valence-electron chi connectivity index (χ1n) is 10.5. The van der Waals surface area contributed by atoms with Crippen LogP contribution in [0.5, 0.6) is 0 Å². The molecule has 0 aromatic rings. The number of aliphatic hydroxyl groups excluding tert-OH is 3. The number of carbonyl (C=O) groups is 2. The van der Waals surface area contributed by atoms with Crippen LogP contribution in [0.25, 0.3) is 0 Å². The summed E-state index contributed by atoms with van der Waals surface area (Å²) in [5, 5.41) is 33.6. The van der Waals surface area contributed by atoms with Crippen molar-refractivity contribution in [2.45, 2.75) is 51.2 Å². The molecular formula is C21H39N3O6S. The smallest absolute Gasteiger partial charge is 0.252 e. The molecule has 1 heterocycles. The Morgan fingerprint density at radius 1 is 1.32 bits per heavy atom. The Bertz CT molecular complexity index is 610. The molecule has 0 aliphatic carbocycles. The van der Waals surface area contributed by atoms with Crippen LogP contribution in [0.4, 0.5) is 0 Å². The lowest BCUT2D eigenvalue weighted by Crippen LogP contribution is -2.56. The van der Waals surface area contributed by atoms with E-state index in [0.717, 1.165) is 5.75 Å². The van der Waals surface area contributed by atoms with E-state index in [-0.39, 0.29) is 11.3 Å². The molecule has 0 spiro atoms. The molecular weight excluding hydrogens is 422 g/mol. The molecule has 180 valence electrons. The van der Waals surface area contributed by atoms with Crippen LogP contribution < -0.4 is 5.32 Å². The van der Waals surface area contributed by atoms with E-state index in [1.165, 1.54) is 13.2 Å². The Morgan fingerprint density at radius 2 is 1.97 bits per heavy atom. The minimum Gasteiger partial charge on any atom is -0.387 e. The lowest BCUT2D eigenvalue weighted by Gasteiger charge is -2.29. The first-order valence-corrected chi connectivity index (χ1v) is 11.6. The number of amides is 2. The normalized spacial score (nSPS) is 22.3. The number of aliphatic hydroxyl groups is 3. The summed E-state index contributed by atoms with van der Waals surface area (Å²) in [5.41, 5.74) is -0.223. The number of hydrogen-bond donors (Lipinski definition) is 4. The van der Waals surface area contributed by atoms with Gasteiger partial charge in [0.25, 0.3) is 5.91 Å². The van der Waals surface area contributed by atoms with Gasteiger partial charge < -0.3 is 35.2 Å². The number of likely N-dealkylation sites (N-methyl/N-ethyl adjacent to an activating group) is 1. The van der Waals surface area contributed by atoms with Gasteiger partial charge in [0.2, 0.25) is 5.91 Å². The third kappa shape index (κ3) is 9.46. The zero-order chi connectivity index (χ0) is 23.8. The van der Waals surface area contributed by atoms with Crippen LogP contribution in [0.2, 0.25) is 0 Å². The van der Waals surface area contributed by atoms with E-state index in [1.54, 1.807) is 22.7 Å². The van der Waals surface area contributed by atoms with E-state index in [9.17, 15) is 24.9 Å². The largest absolute Gasteiger partial charge is 0.387 e. The van der Waals surface area contributed by atoms with E-state index in [1.807, 2.05) is 39.8 Å². The summed E-state index contributed by atoms with van der Waals surface area (Å²) in [6, 6.07) is -0.755. The molecule has 1 rings (SSSR count). The van der Waals surface area contributed by atoms with Gasteiger partial charge >= 0.3 is 0 Å². The van der Waals surface area contributed by atoms with Gasteiger partial charge in [0, 0.05) is 38.2 Å². The fourth-order valence-electron chi connectivity index (χ4n) is 2.96. The fourth-order valence-corrected chi connectivity index (χ4v) is 3.94. The summed E-state index contributed by atoms with van der Waals surface area (Å²) in [6.45, 7) is 7.64. The zero-order valence-electron chi connectivity index (χ0n) is 19.4. The summed E-state index contributed by atoms with van der Waals surface area (Å²) in [6.07, 6.45) is -3.04. The standard InChI is InChI=1S/C21H39N3O6S/c1-21(2,3)8-7-15(25)16(26)17(27)18(30-6)19(28)22-14-13-31-12-11-24(20(14)29)10-9-23(4)5/h7-8,14-18,25-27H,9-13H2,1-6H3,(H,22,28)/t14?,15-,16+,17-,18-/m1/s1. The van der Waals surface area contributed by atoms with Crippen molar-refractivity contribution in [2.75, 3.05) is 52.3 Å². The molecule has 31 heavy (non-hydrogen) atoms. The molecule has 1 unspecified atom stereocenters. The first kappa shape index (κ1) is 27.9. The summed E-state index contributed by atoms with van der Waals surface area (Å²) >= 11 is 1.56. The van der Waals surface area contributed by atoms with Crippen molar-refractivity contribution in [1.82, 2.24) is 15.1 Å². The molecule has 5 atom stereocenters. The number of nitrogens with one attached hydrogen (secondary N) is 1. The monoisotopic (exact) mass is 461 g/mol. The van der Waals surface area contributed by atoms with Crippen molar-refractivity contribution in [2.24, 2.45) is 5.41 Å². The highest BCUT2D eigenvalue weighted by atomic mass is 32.2. The van der Waals surface area contributed by atoms with Crippen molar-refractivity contribution in [3.05, 3.63) is 12.2 Å². The lowest BCUT2D eigenvalue weighted by molar-refractivity contribution is -0.151. The number of hydrogen-bond acceptors (Lipinski definition) is 8. The number of ether oxygens (including phenoxy) is 1. The summed E-state index contributed by atoms with van der Waals surface area (Å²) in [5.74, 6) is 0.287. The van der Waals surface area contributed by atoms with E-state index >= 15 is 0 Å². The molecule has 1 aliphatic rings. The van der Waals surface area contributed by atoms with Gasteiger partial charge in [-0.25, -0.2) is 0 Å². The highest BCUT2D eigenvalue weighted by Crippen LogP contribution is 2.17. The molecule has 0 saturated carbocycles. The molecule has 0 aromatic carbocycles. The maximum absolute atomic E-state index is 12.9. The maximum Gasteiger partial charge on any atom is 0.252 e. The van der Waals surface area contributed by atoms with Crippen molar-refractivity contribution in [3.63, 3.8) is 0 Å². The highest BCUT2D eigenvalue weighted by Gasteiger charge is 2.37. The molecule has 1 aliphatic heterocycles. The van der Waals surface area contributed by atoms with Crippen molar-refractivity contribution < 1.29 is 29.6 Å². The van der Waals surface area contributed by atoms with Crippen LogP contribution in [0.15, 0.2) is 12.2 Å². The van der Waals surface area contributed by atoms with Crippen molar-refractivity contribution in [1.29, 1.82) is 0 Å². The van der Waals surface area contributed by atoms with Crippen LogP contribution in [0.1, 0.15) is 20.8 Å². The number of methoxy groups -OCH3 is 1. The predicted molar refractivity (Wildman–Crippen MR) is 122 cm³/mol. The van der Waals surface area contributed by atoms with Gasteiger partial charge in [-0.2, -0.15) is 11.8 Å². The predicted octanol–water partition coefficient (Wildman–Crippen LogP) is -0.692. The maximum atomic E-state index is 12.9. The first-order chi connectivity index (χ1) is 14.4. The average Bonchev–Trinajstić information content (AvgIpc) is 2.85. The molecule has 0 aromatic heterocycles. The lowest BCUT2D eigenvalue weighted by atomic mass is 9.94. The molecule has 2 amide bonds. The molecule has 4 N–H and O–H groups in total. The minimum atomic E-state index is -1.68. The van der Waals surface area contributed by atoms with Crippen molar-refractivity contribution in [3.8, 4) is 0 Å². The molecule has 0 radical (unpaired) electrons. The number of carbonyl (C=O) groups excluding carboxylic acids is 2. The minimum absolute atomic E-state index is 0.182. The Kier molecular flexibility index (Phi) is 11.5. The van der Waals surface area contributed by atoms with Crippen LogP contribution in [-0.2, 0) is 14.3 Å². The van der Waals surface area contributed by atoms with Crippen LogP contribution in [0.3, 0.4) is 0 Å². The van der Waals surface area contributed by atoms with Gasteiger partial charge in [-0.05, 0) is 19.5 Å². The molecule has 10 heteroatoms. The molecule has 1 fully saturated rings. The van der Waals surface area contributed by atoms with E-state index in [4.69, 9.17) is 4.74 Å². The third-order valence-corrected chi connectivity index (χ3v) is 5.89. The summed E-state index contributed by atoms with van der Waals surface area (Å²) in [7, 11) is 5.08. The second-order valence-corrected chi connectivity index (χ2v) is 10.3. The van der Waals surface area contributed by atoms with Gasteiger partial charge in [-0.1, -0.05) is 32.9 Å². The Morgan fingerprint density at radius 3 is 2.52 bits per heavy atom. The van der Waals surface area contributed by atoms with Gasteiger partial charge in [0.15, 0.2) is 6.10 Å². The SMILES string of the molecule is CO[C@@H](C(=O)NC1CSCCN(CCN(C)C)C1=O)[C@H](O)[C@@H](O)[C@H](O)C=CC(C)(C)C. The van der Waals surface area contributed by atoms with Gasteiger partial charge in [-0.15, -0.1) is 0 Å². The Balaban J connectivity index is 2.81. The topological polar surface area (TPSA) is 123 Å². The second kappa shape index (κ2) is 12.8. The quantitative estimate of drug-likeness (QED) is 0.315. The van der Waals surface area contributed by atoms with E-state index in [0.29, 0.717) is 25.4 Å². The fraction of sp³-hybridized carbons (Fsp3) is 0.810. The highest BCUT2D eigenvalue weighted by molar-refractivity contribution is 7.99. The number of nitrogens with zero attached hydrogens (tertiary/aromatic N) is 2. The zero-order valence-corrected chi connectivity index (χ0v) is 20.3. The third-order valence-electron chi connectivity index (χ3n) is 4.85. The van der Waals surface area contributed by atoms with Gasteiger partial charge in [0.1, 0.15) is 24.4 Å². The Hall–Kier alpha value is -1.17.